The van der Waals surface area contributed by atoms with E-state index in [0.29, 0.717) is 0 Å². The van der Waals surface area contributed by atoms with E-state index in [1.165, 1.54) is 22.3 Å². The van der Waals surface area contributed by atoms with E-state index in [-0.39, 0.29) is 0 Å². The zero-order valence-corrected chi connectivity index (χ0v) is 17.9. The van der Waals surface area contributed by atoms with Crippen molar-refractivity contribution in [2.45, 2.75) is 32.6 Å². The van der Waals surface area contributed by atoms with Gasteiger partial charge in [0, 0.05) is 19.0 Å². The Kier molecular flexibility index (Phi) is 5.17. The molecule has 3 nitrogen and oxygen atoms in total. The van der Waals surface area contributed by atoms with Gasteiger partial charge in [-0.05, 0) is 36.5 Å². The van der Waals surface area contributed by atoms with Crippen LogP contribution in [-0.2, 0) is 12.8 Å². The minimum absolute atomic E-state index is 0.781. The first-order valence-corrected chi connectivity index (χ1v) is 10.9. The third-order valence-electron chi connectivity index (χ3n) is 5.93. The van der Waals surface area contributed by atoms with Crippen molar-refractivity contribution in [3.63, 3.8) is 0 Å². The molecule has 2 aliphatic rings. The zero-order chi connectivity index (χ0) is 21.2. The zero-order valence-electron chi connectivity index (χ0n) is 17.9. The molecule has 2 heterocycles. The van der Waals surface area contributed by atoms with Crippen LogP contribution in [0.25, 0.3) is 18.5 Å². The van der Waals surface area contributed by atoms with Crippen LogP contribution >= 0.6 is 0 Å². The summed E-state index contributed by atoms with van der Waals surface area (Å²) in [5.41, 5.74) is 9.23. The van der Waals surface area contributed by atoms with Crippen LogP contribution < -0.4 is 16.1 Å². The van der Waals surface area contributed by atoms with Gasteiger partial charge in [-0.2, -0.15) is 0 Å². The molecule has 1 aliphatic carbocycles. The summed E-state index contributed by atoms with van der Waals surface area (Å²) in [6.45, 7) is 6.52. The first-order valence-electron chi connectivity index (χ1n) is 10.9. The lowest BCUT2D eigenvalue weighted by Crippen LogP contribution is -2.36. The van der Waals surface area contributed by atoms with Gasteiger partial charge in [0.2, 0.25) is 0 Å². The van der Waals surface area contributed by atoms with Crippen LogP contribution in [0.1, 0.15) is 35.2 Å². The van der Waals surface area contributed by atoms with E-state index in [1.807, 2.05) is 0 Å². The van der Waals surface area contributed by atoms with Crippen LogP contribution in [0, 0.1) is 6.92 Å². The maximum atomic E-state index is 5.04. The molecule has 0 bridgehead atoms. The molecule has 1 aliphatic heterocycles. The Hall–Kier alpha value is -3.59. The number of allylic oxidation sites excluding steroid dienone is 3. The van der Waals surface area contributed by atoms with Crippen molar-refractivity contribution in [3.8, 4) is 0 Å². The summed E-state index contributed by atoms with van der Waals surface area (Å²) in [6.07, 6.45) is 12.7. The van der Waals surface area contributed by atoms with Crippen molar-refractivity contribution in [1.82, 2.24) is 14.9 Å². The van der Waals surface area contributed by atoms with Gasteiger partial charge in [0.05, 0.1) is 22.4 Å². The third-order valence-corrected chi connectivity index (χ3v) is 5.93. The van der Waals surface area contributed by atoms with Gasteiger partial charge in [0.25, 0.3) is 0 Å². The smallest absolute Gasteiger partial charge is 0.157 e. The topological polar surface area (TPSA) is 29.9 Å². The normalized spacial score (nSPS) is 15.2. The van der Waals surface area contributed by atoms with Crippen LogP contribution in [0.3, 0.4) is 0 Å². The Balaban J connectivity index is 1.59. The van der Waals surface area contributed by atoms with Crippen molar-refractivity contribution < 1.29 is 0 Å². The maximum Gasteiger partial charge on any atom is 0.157 e. The van der Waals surface area contributed by atoms with Gasteiger partial charge >= 0.3 is 0 Å². The molecule has 0 amide bonds. The Morgan fingerprint density at radius 2 is 1.74 bits per heavy atom. The molecule has 1 aromatic heterocycles. The van der Waals surface area contributed by atoms with Crippen molar-refractivity contribution in [3.05, 3.63) is 117 Å². The molecule has 3 heteroatoms. The van der Waals surface area contributed by atoms with Crippen molar-refractivity contribution in [1.29, 1.82) is 0 Å². The first kappa shape index (κ1) is 19.4. The van der Waals surface area contributed by atoms with Gasteiger partial charge in [-0.1, -0.05) is 85.0 Å². The highest BCUT2D eigenvalue weighted by Gasteiger charge is 2.18. The fourth-order valence-electron chi connectivity index (χ4n) is 4.17. The molecule has 5 rings (SSSR count). The molecule has 2 aromatic carbocycles. The lowest BCUT2D eigenvalue weighted by molar-refractivity contribution is 0.895. The predicted octanol–water partition coefficient (Wildman–Crippen LogP) is 4.22. The van der Waals surface area contributed by atoms with Gasteiger partial charge < -0.3 is 5.32 Å². The van der Waals surface area contributed by atoms with Gasteiger partial charge in [0.15, 0.2) is 5.48 Å². The van der Waals surface area contributed by atoms with Crippen molar-refractivity contribution >= 4 is 18.5 Å². The van der Waals surface area contributed by atoms with E-state index in [0.717, 1.165) is 53.6 Å². The van der Waals surface area contributed by atoms with E-state index >= 15 is 0 Å². The number of hydrogen-bond donors (Lipinski definition) is 1. The van der Waals surface area contributed by atoms with E-state index in [1.54, 1.807) is 0 Å². The molecule has 154 valence electrons. The van der Waals surface area contributed by atoms with Gasteiger partial charge in [-0.15, -0.1) is 0 Å². The van der Waals surface area contributed by atoms with Gasteiger partial charge in [-0.25, -0.2) is 4.98 Å². The highest BCUT2D eigenvalue weighted by Crippen LogP contribution is 2.20. The van der Waals surface area contributed by atoms with Crippen LogP contribution in [0.5, 0.6) is 0 Å². The molecule has 0 unspecified atom stereocenters. The minimum atomic E-state index is 0.781. The second kappa shape index (κ2) is 8.27. The summed E-state index contributed by atoms with van der Waals surface area (Å²) in [4.78, 5) is 5.04. The minimum Gasteiger partial charge on any atom is -0.354 e. The quantitative estimate of drug-likeness (QED) is 0.689. The highest BCUT2D eigenvalue weighted by atomic mass is 15.1. The Morgan fingerprint density at radius 1 is 0.968 bits per heavy atom. The summed E-state index contributed by atoms with van der Waals surface area (Å²) in [5, 5.41) is 4.65. The number of benzene rings is 2. The predicted molar refractivity (Wildman–Crippen MR) is 128 cm³/mol. The van der Waals surface area contributed by atoms with E-state index in [4.69, 9.17) is 4.98 Å². The number of aromatic nitrogens is 2. The summed E-state index contributed by atoms with van der Waals surface area (Å²) in [5.74, 6) is 0. The Morgan fingerprint density at radius 3 is 2.48 bits per heavy atom. The average molecular weight is 406 g/mol. The molecule has 0 saturated carbocycles. The van der Waals surface area contributed by atoms with Crippen molar-refractivity contribution in [2.24, 2.45) is 0 Å². The summed E-state index contributed by atoms with van der Waals surface area (Å²) in [6, 6.07) is 19.2. The first-order chi connectivity index (χ1) is 15.2. The highest BCUT2D eigenvalue weighted by molar-refractivity contribution is 5.61. The summed E-state index contributed by atoms with van der Waals surface area (Å²) < 4.78 is 2.16. The molecule has 0 atom stereocenters. The van der Waals surface area contributed by atoms with Crippen LogP contribution in [0.4, 0.5) is 0 Å². The molecular formula is C28H27N3. The van der Waals surface area contributed by atoms with Gasteiger partial charge in [-0.3, -0.25) is 4.57 Å². The number of imidazole rings is 1. The number of aryl methyl sites for hydroxylation is 1. The lowest BCUT2D eigenvalue weighted by Gasteiger charge is -2.21. The van der Waals surface area contributed by atoms with Crippen LogP contribution in [0.2, 0.25) is 0 Å². The lowest BCUT2D eigenvalue weighted by atomic mass is 10.0. The molecule has 0 saturated heterocycles. The standard InChI is InChI=1S/C28H27N3/c1-20-13-15-23(16-14-20)17-25-21(2)31-19-27(24-11-7-4-8-12-24)29-26(28(31)30-25)18-22-9-5-3-6-10-22/h3,5-7,9-16,19,29H,2,4,8,17-18H2,1H3. The molecule has 1 N–H and O–H groups in total. The van der Waals surface area contributed by atoms with Crippen molar-refractivity contribution in [2.75, 3.05) is 0 Å². The van der Waals surface area contributed by atoms with Crippen LogP contribution in [0.15, 0.2) is 84.1 Å². The number of fused-ring (bicyclic) bond motifs is 1. The second-order valence-corrected chi connectivity index (χ2v) is 8.31. The monoisotopic (exact) mass is 405 g/mol. The SMILES string of the molecule is C=c1c(Cc2ccc(C)cc2)nc2n1C=C(C1=CCCC=C1)NC=2Cc1ccccc1. The second-order valence-electron chi connectivity index (χ2n) is 8.31. The third kappa shape index (κ3) is 4.04. The largest absolute Gasteiger partial charge is 0.354 e. The van der Waals surface area contributed by atoms with Crippen LogP contribution in [-0.4, -0.2) is 9.55 Å². The Labute approximate surface area is 183 Å². The number of hydrogen-bond acceptors (Lipinski definition) is 2. The Bertz CT molecular complexity index is 1300. The summed E-state index contributed by atoms with van der Waals surface area (Å²) >= 11 is 0. The number of nitrogens with one attached hydrogen (secondary N) is 1. The van der Waals surface area contributed by atoms with E-state index in [2.05, 4.69) is 102 Å². The molecule has 0 radical (unpaired) electrons. The fourth-order valence-corrected chi connectivity index (χ4v) is 4.17. The maximum absolute atomic E-state index is 5.04. The molecule has 0 fully saturated rings. The molecule has 31 heavy (non-hydrogen) atoms. The molecule has 0 spiro atoms. The summed E-state index contributed by atoms with van der Waals surface area (Å²) in [7, 11) is 0. The van der Waals surface area contributed by atoms with E-state index in [9.17, 15) is 0 Å². The number of rotatable bonds is 5. The van der Waals surface area contributed by atoms with E-state index < -0.39 is 0 Å². The fraction of sp³-hybridized carbons (Fsp3) is 0.179. The number of nitrogens with zero attached hydrogens (tertiary/aromatic N) is 2. The average Bonchev–Trinajstić information content (AvgIpc) is 3.12. The van der Waals surface area contributed by atoms with Gasteiger partial charge in [0.1, 0.15) is 0 Å². The molecular weight excluding hydrogens is 378 g/mol. The molecule has 3 aromatic rings.